The molecule has 0 heterocycles. The average Bonchev–Trinajstić information content (AvgIpc) is 2.59. The highest BCUT2D eigenvalue weighted by Gasteiger charge is 2.30. The highest BCUT2D eigenvalue weighted by atomic mass is 16.6. The second-order valence-corrected chi connectivity index (χ2v) is 8.99. The van der Waals surface area contributed by atoms with E-state index in [9.17, 15) is 19.5 Å². The van der Waals surface area contributed by atoms with Gasteiger partial charge in [-0.25, -0.2) is 4.79 Å². The van der Waals surface area contributed by atoms with Crippen molar-refractivity contribution in [3.63, 3.8) is 0 Å². The van der Waals surface area contributed by atoms with Crippen LogP contribution < -0.4 is 10.6 Å². The van der Waals surface area contributed by atoms with Crippen molar-refractivity contribution in [2.24, 2.45) is 11.8 Å². The van der Waals surface area contributed by atoms with Crippen LogP contribution in [0.3, 0.4) is 0 Å². The molecule has 7 heteroatoms. The van der Waals surface area contributed by atoms with Crippen molar-refractivity contribution in [1.29, 1.82) is 0 Å². The Balaban J connectivity index is 2.70. The van der Waals surface area contributed by atoms with E-state index in [-0.39, 0.29) is 18.2 Å². The Labute approximate surface area is 169 Å². The molecule has 3 atom stereocenters. The highest BCUT2D eigenvalue weighted by Crippen LogP contribution is 2.28. The topological polar surface area (TPSA) is 105 Å². The lowest BCUT2D eigenvalue weighted by molar-refractivity contribution is -0.133. The van der Waals surface area contributed by atoms with Crippen molar-refractivity contribution in [2.45, 2.75) is 104 Å². The molecule has 0 saturated heterocycles. The molecular formula is C21H38N2O5. The molecule has 0 radical (unpaired) electrons. The van der Waals surface area contributed by atoms with E-state index in [0.717, 1.165) is 25.7 Å². The number of rotatable bonds is 8. The average molecular weight is 399 g/mol. The molecule has 0 aromatic heterocycles. The molecule has 1 fully saturated rings. The van der Waals surface area contributed by atoms with Gasteiger partial charge in [0.05, 0.1) is 18.6 Å². The Kier molecular flexibility index (Phi) is 9.93. The van der Waals surface area contributed by atoms with Gasteiger partial charge < -0.3 is 15.2 Å². The van der Waals surface area contributed by atoms with Gasteiger partial charge in [-0.15, -0.1) is 0 Å². The van der Waals surface area contributed by atoms with Crippen molar-refractivity contribution in [1.82, 2.24) is 10.6 Å². The molecule has 0 aliphatic heterocycles. The van der Waals surface area contributed by atoms with Crippen molar-refractivity contribution < 1.29 is 24.2 Å². The van der Waals surface area contributed by atoms with Crippen molar-refractivity contribution in [3.8, 4) is 0 Å². The maximum Gasteiger partial charge on any atom is 0.407 e. The van der Waals surface area contributed by atoms with Crippen molar-refractivity contribution >= 4 is 17.9 Å². The summed E-state index contributed by atoms with van der Waals surface area (Å²) in [5.74, 6) is -0.742. The second-order valence-electron chi connectivity index (χ2n) is 8.99. The molecule has 7 nitrogen and oxygen atoms in total. The van der Waals surface area contributed by atoms with Gasteiger partial charge in [-0.05, 0) is 39.5 Å². The zero-order valence-electron chi connectivity index (χ0n) is 18.0. The van der Waals surface area contributed by atoms with Crippen LogP contribution in [0.25, 0.3) is 0 Å². The number of aliphatic hydroxyl groups excluding tert-OH is 1. The summed E-state index contributed by atoms with van der Waals surface area (Å²) in [6.07, 6.45) is 4.89. The molecule has 0 bridgehead atoms. The number of ether oxygens (including phenoxy) is 1. The Morgan fingerprint density at radius 3 is 2.29 bits per heavy atom. The Morgan fingerprint density at radius 2 is 1.75 bits per heavy atom. The molecule has 0 unspecified atom stereocenters. The Bertz CT molecular complexity index is 523. The third-order valence-corrected chi connectivity index (χ3v) is 5.20. The summed E-state index contributed by atoms with van der Waals surface area (Å²) in [5, 5.41) is 15.7. The monoisotopic (exact) mass is 398 g/mol. The van der Waals surface area contributed by atoms with Crippen LogP contribution in [0, 0.1) is 11.8 Å². The first kappa shape index (κ1) is 24.4. The van der Waals surface area contributed by atoms with Gasteiger partial charge >= 0.3 is 6.09 Å². The van der Waals surface area contributed by atoms with Crippen molar-refractivity contribution in [2.75, 3.05) is 0 Å². The number of imide groups is 1. The van der Waals surface area contributed by atoms with Gasteiger partial charge in [0.15, 0.2) is 0 Å². The van der Waals surface area contributed by atoms with E-state index in [1.165, 1.54) is 6.42 Å². The molecule has 1 aliphatic carbocycles. The van der Waals surface area contributed by atoms with Gasteiger partial charge in [-0.1, -0.05) is 46.0 Å². The van der Waals surface area contributed by atoms with E-state index in [1.807, 2.05) is 6.92 Å². The first-order valence-corrected chi connectivity index (χ1v) is 10.5. The highest BCUT2D eigenvalue weighted by molar-refractivity contribution is 5.96. The largest absolute Gasteiger partial charge is 0.444 e. The number of aliphatic hydroxyl groups is 1. The number of carbonyl (C=O) groups excluding carboxylic acids is 3. The zero-order chi connectivity index (χ0) is 21.3. The molecule has 3 amide bonds. The summed E-state index contributed by atoms with van der Waals surface area (Å²) in [5.41, 5.74) is -0.648. The predicted octanol–water partition coefficient (Wildman–Crippen LogP) is 3.29. The standard InChI is InChI=1S/C21H38N2O5/c1-6-14(2)19(26)23-18(25)13-17(24)16(12-15-10-8-7-9-11-15)22-20(27)28-21(3,4)5/h14-17,24H,6-13H2,1-5H3,(H,22,27)(H,23,25,26)/t14-,16-,17-/m0/s1. The summed E-state index contributed by atoms with van der Waals surface area (Å²) in [7, 11) is 0. The van der Waals surface area contributed by atoms with E-state index in [0.29, 0.717) is 18.8 Å². The number of hydrogen-bond donors (Lipinski definition) is 3. The number of alkyl carbamates (subject to hydrolysis) is 1. The SMILES string of the molecule is CC[C@H](C)C(=O)NC(=O)C[C@H](O)[C@H](CC1CCCCC1)NC(=O)OC(C)(C)C. The molecule has 0 aromatic rings. The molecule has 1 saturated carbocycles. The summed E-state index contributed by atoms with van der Waals surface area (Å²) >= 11 is 0. The fourth-order valence-corrected chi connectivity index (χ4v) is 3.38. The molecular weight excluding hydrogens is 360 g/mol. The van der Waals surface area contributed by atoms with Crippen molar-refractivity contribution in [3.05, 3.63) is 0 Å². The van der Waals surface area contributed by atoms with Crippen LogP contribution in [-0.2, 0) is 14.3 Å². The minimum Gasteiger partial charge on any atom is -0.444 e. The van der Waals surface area contributed by atoms with Gasteiger partial charge in [0.25, 0.3) is 0 Å². The molecule has 0 aromatic carbocycles. The maximum absolute atomic E-state index is 12.2. The quantitative estimate of drug-likeness (QED) is 0.582. The van der Waals surface area contributed by atoms with Crippen LogP contribution >= 0.6 is 0 Å². The number of nitrogens with one attached hydrogen (secondary N) is 2. The molecule has 0 spiro atoms. The number of amides is 3. The normalized spacial score (nSPS) is 18.6. The van der Waals surface area contributed by atoms with Gasteiger partial charge in [-0.3, -0.25) is 14.9 Å². The minimum atomic E-state index is -1.08. The fraction of sp³-hybridized carbons (Fsp3) is 0.857. The summed E-state index contributed by atoms with van der Waals surface area (Å²) in [6.45, 7) is 8.93. The Hall–Kier alpha value is -1.63. The number of carbonyl (C=O) groups is 3. The summed E-state index contributed by atoms with van der Waals surface area (Å²) < 4.78 is 5.31. The first-order chi connectivity index (χ1) is 13.0. The van der Waals surface area contributed by atoms with Crippen LogP contribution in [0.4, 0.5) is 4.79 Å². The van der Waals surface area contributed by atoms with Crippen LogP contribution in [0.2, 0.25) is 0 Å². The first-order valence-electron chi connectivity index (χ1n) is 10.5. The lowest BCUT2D eigenvalue weighted by atomic mass is 9.83. The summed E-state index contributed by atoms with van der Waals surface area (Å²) in [6, 6.07) is -0.595. The lowest BCUT2D eigenvalue weighted by Crippen LogP contribution is -2.48. The van der Waals surface area contributed by atoms with E-state index >= 15 is 0 Å². The molecule has 28 heavy (non-hydrogen) atoms. The van der Waals surface area contributed by atoms with Gasteiger partial charge in [-0.2, -0.15) is 0 Å². The van der Waals surface area contributed by atoms with Crippen LogP contribution in [-0.4, -0.2) is 40.8 Å². The second kappa shape index (κ2) is 11.4. The lowest BCUT2D eigenvalue weighted by Gasteiger charge is -2.31. The van der Waals surface area contributed by atoms with Crippen LogP contribution in [0.15, 0.2) is 0 Å². The van der Waals surface area contributed by atoms with Gasteiger partial charge in [0.1, 0.15) is 5.60 Å². The molecule has 3 N–H and O–H groups in total. The minimum absolute atomic E-state index is 0.241. The predicted molar refractivity (Wildman–Crippen MR) is 108 cm³/mol. The van der Waals surface area contributed by atoms with Gasteiger partial charge in [0, 0.05) is 5.92 Å². The number of hydrogen-bond acceptors (Lipinski definition) is 5. The third kappa shape index (κ3) is 9.53. The van der Waals surface area contributed by atoms with Crippen LogP contribution in [0.1, 0.15) is 86.0 Å². The Morgan fingerprint density at radius 1 is 1.14 bits per heavy atom. The molecule has 1 rings (SSSR count). The van der Waals surface area contributed by atoms with E-state index in [4.69, 9.17) is 4.74 Å². The smallest absolute Gasteiger partial charge is 0.407 e. The summed E-state index contributed by atoms with van der Waals surface area (Å²) in [4.78, 5) is 36.3. The molecule has 1 aliphatic rings. The van der Waals surface area contributed by atoms with Gasteiger partial charge in [0.2, 0.25) is 11.8 Å². The van der Waals surface area contributed by atoms with E-state index in [2.05, 4.69) is 10.6 Å². The maximum atomic E-state index is 12.2. The van der Waals surface area contributed by atoms with Crippen LogP contribution in [0.5, 0.6) is 0 Å². The van der Waals surface area contributed by atoms with E-state index in [1.54, 1.807) is 27.7 Å². The molecule has 162 valence electrons. The van der Waals surface area contributed by atoms with E-state index < -0.39 is 29.7 Å². The fourth-order valence-electron chi connectivity index (χ4n) is 3.38. The zero-order valence-corrected chi connectivity index (χ0v) is 18.0. The third-order valence-electron chi connectivity index (χ3n) is 5.20.